The molecular formula is C20H19ClN2O7. The molecule has 3 rings (SSSR count). The van der Waals surface area contributed by atoms with E-state index < -0.39 is 22.9 Å². The average Bonchev–Trinajstić information content (AvgIpc) is 2.94. The van der Waals surface area contributed by atoms with Crippen LogP contribution in [0.2, 0.25) is 5.02 Å². The fourth-order valence-corrected chi connectivity index (χ4v) is 3.11. The molecule has 9 nitrogen and oxygen atoms in total. The van der Waals surface area contributed by atoms with Crippen molar-refractivity contribution in [1.29, 1.82) is 0 Å². The Hall–Kier alpha value is -3.33. The third kappa shape index (κ3) is 5.18. The topological polar surface area (TPSA) is 117 Å². The highest BCUT2D eigenvalue weighted by Gasteiger charge is 2.23. The number of nitro groups is 1. The third-order valence-corrected chi connectivity index (χ3v) is 4.53. The lowest BCUT2D eigenvalue weighted by molar-refractivity contribution is -0.383. The number of esters is 1. The number of hydrogen-bond acceptors (Lipinski definition) is 7. The van der Waals surface area contributed by atoms with Gasteiger partial charge in [-0.15, -0.1) is 0 Å². The van der Waals surface area contributed by atoms with Crippen molar-refractivity contribution in [2.45, 2.75) is 25.9 Å². The van der Waals surface area contributed by atoms with Gasteiger partial charge in [0.25, 0.3) is 11.6 Å². The first-order chi connectivity index (χ1) is 14.3. The first-order valence-electron chi connectivity index (χ1n) is 9.17. The molecule has 0 fully saturated rings. The number of amides is 1. The van der Waals surface area contributed by atoms with Crippen molar-refractivity contribution in [3.63, 3.8) is 0 Å². The normalized spacial score (nSPS) is 13.7. The molecule has 0 aromatic heterocycles. The first kappa shape index (κ1) is 21.4. The van der Waals surface area contributed by atoms with Crippen LogP contribution in [0.4, 0.5) is 11.4 Å². The lowest BCUT2D eigenvalue weighted by atomic mass is 10.1. The predicted octanol–water partition coefficient (Wildman–Crippen LogP) is 3.52. The van der Waals surface area contributed by atoms with Gasteiger partial charge in [0.2, 0.25) is 0 Å². The predicted molar refractivity (Wildman–Crippen MR) is 108 cm³/mol. The molecule has 1 atom stereocenters. The van der Waals surface area contributed by atoms with Crippen LogP contribution in [0.1, 0.15) is 18.9 Å². The van der Waals surface area contributed by atoms with Crippen LogP contribution in [-0.2, 0) is 20.7 Å². The van der Waals surface area contributed by atoms with Crippen molar-refractivity contribution >= 4 is 34.9 Å². The molecule has 0 spiro atoms. The number of para-hydroxylation sites is 2. The molecule has 2 aromatic carbocycles. The summed E-state index contributed by atoms with van der Waals surface area (Å²) in [7, 11) is 0. The number of nitro benzene ring substituents is 1. The molecule has 1 N–H and O–H groups in total. The summed E-state index contributed by atoms with van der Waals surface area (Å²) in [6.45, 7) is 2.34. The highest BCUT2D eigenvalue weighted by atomic mass is 35.5. The Morgan fingerprint density at radius 3 is 2.77 bits per heavy atom. The van der Waals surface area contributed by atoms with E-state index in [-0.39, 0.29) is 17.8 Å². The molecule has 2 aromatic rings. The minimum atomic E-state index is -1.16. The smallest absolute Gasteiger partial charge is 0.311 e. The number of fused-ring (bicyclic) bond motifs is 1. The maximum Gasteiger partial charge on any atom is 0.311 e. The van der Waals surface area contributed by atoms with Gasteiger partial charge in [-0.3, -0.25) is 19.7 Å². The van der Waals surface area contributed by atoms with Crippen LogP contribution in [0, 0.1) is 10.1 Å². The Morgan fingerprint density at radius 2 is 2.00 bits per heavy atom. The number of hydrogen-bond donors (Lipinski definition) is 1. The van der Waals surface area contributed by atoms with Crippen LogP contribution >= 0.6 is 11.6 Å². The molecule has 0 saturated carbocycles. The van der Waals surface area contributed by atoms with Crippen LogP contribution in [0.5, 0.6) is 11.5 Å². The van der Waals surface area contributed by atoms with Crippen LogP contribution in [-0.4, -0.2) is 36.1 Å². The van der Waals surface area contributed by atoms with Crippen molar-refractivity contribution in [3.8, 4) is 11.5 Å². The van der Waals surface area contributed by atoms with Crippen LogP contribution in [0.25, 0.3) is 0 Å². The second-order valence-corrected chi connectivity index (χ2v) is 6.93. The number of nitrogens with one attached hydrogen (secondary N) is 1. The number of carbonyl (C=O) groups is 2. The third-order valence-electron chi connectivity index (χ3n) is 4.25. The number of carbonyl (C=O) groups excluding carboxylic acids is 2. The lowest BCUT2D eigenvalue weighted by Crippen LogP contribution is -2.30. The number of rotatable bonds is 6. The molecule has 0 saturated heterocycles. The molecule has 0 radical (unpaired) electrons. The second-order valence-electron chi connectivity index (χ2n) is 6.53. The van der Waals surface area contributed by atoms with Crippen molar-refractivity contribution < 1.29 is 28.7 Å². The first-order valence-corrected chi connectivity index (χ1v) is 9.54. The van der Waals surface area contributed by atoms with Gasteiger partial charge >= 0.3 is 5.97 Å². The van der Waals surface area contributed by atoms with E-state index in [1.165, 1.54) is 25.1 Å². The van der Waals surface area contributed by atoms with Crippen LogP contribution in [0.3, 0.4) is 0 Å². The summed E-state index contributed by atoms with van der Waals surface area (Å²) in [4.78, 5) is 35.0. The molecule has 1 aliphatic rings. The van der Waals surface area contributed by atoms with Crippen molar-refractivity contribution in [2.75, 3.05) is 18.5 Å². The lowest BCUT2D eigenvalue weighted by Gasteiger charge is -2.15. The largest absolute Gasteiger partial charge is 0.489 e. The number of halogens is 1. The van der Waals surface area contributed by atoms with Gasteiger partial charge in [-0.2, -0.15) is 0 Å². The molecule has 158 valence electrons. The SMILES string of the molecule is C[C@H](OC(=O)Cc1cc(Cl)c2c(c1)OCCCO2)C(=O)Nc1ccccc1[N+](=O)[O-]. The van der Waals surface area contributed by atoms with Gasteiger partial charge in [0, 0.05) is 12.5 Å². The highest BCUT2D eigenvalue weighted by molar-refractivity contribution is 6.32. The Bertz CT molecular complexity index is 980. The zero-order valence-electron chi connectivity index (χ0n) is 16.1. The van der Waals surface area contributed by atoms with E-state index in [1.54, 1.807) is 18.2 Å². The molecule has 0 unspecified atom stereocenters. The average molecular weight is 435 g/mol. The fourth-order valence-electron chi connectivity index (χ4n) is 2.82. The molecule has 1 heterocycles. The monoisotopic (exact) mass is 434 g/mol. The molecule has 10 heteroatoms. The van der Waals surface area contributed by atoms with Crippen molar-refractivity contribution in [1.82, 2.24) is 0 Å². The van der Waals surface area contributed by atoms with E-state index in [0.29, 0.717) is 41.7 Å². The number of nitrogens with zero attached hydrogens (tertiary/aromatic N) is 1. The van der Waals surface area contributed by atoms with Gasteiger partial charge in [-0.1, -0.05) is 23.7 Å². The van der Waals surface area contributed by atoms with Gasteiger partial charge in [0.15, 0.2) is 17.6 Å². The minimum absolute atomic E-state index is 0.0186. The maximum absolute atomic E-state index is 12.3. The number of ether oxygens (including phenoxy) is 3. The maximum atomic E-state index is 12.3. The highest BCUT2D eigenvalue weighted by Crippen LogP contribution is 2.38. The number of benzene rings is 2. The Morgan fingerprint density at radius 1 is 1.27 bits per heavy atom. The second kappa shape index (κ2) is 9.45. The molecule has 1 aliphatic heterocycles. The standard InChI is InChI=1S/C20H19ClN2O7/c1-12(20(25)22-15-5-2-3-6-16(15)23(26)27)30-18(24)11-13-9-14(21)19-17(10-13)28-7-4-8-29-19/h2-3,5-6,9-10,12H,4,7-8,11H2,1H3,(H,22,25)/t12-/m0/s1. The zero-order valence-corrected chi connectivity index (χ0v) is 16.8. The molecule has 0 aliphatic carbocycles. The molecule has 30 heavy (non-hydrogen) atoms. The zero-order chi connectivity index (χ0) is 21.7. The Balaban J connectivity index is 1.62. The molecular weight excluding hydrogens is 416 g/mol. The fraction of sp³-hybridized carbons (Fsp3) is 0.300. The molecule has 1 amide bonds. The Labute approximate surface area is 177 Å². The quantitative estimate of drug-likeness (QED) is 0.420. The number of anilines is 1. The van der Waals surface area contributed by atoms with Crippen molar-refractivity contribution in [2.24, 2.45) is 0 Å². The van der Waals surface area contributed by atoms with E-state index in [9.17, 15) is 19.7 Å². The van der Waals surface area contributed by atoms with Gasteiger partial charge < -0.3 is 19.5 Å². The van der Waals surface area contributed by atoms with Crippen molar-refractivity contribution in [3.05, 3.63) is 57.1 Å². The van der Waals surface area contributed by atoms with E-state index in [1.807, 2.05) is 0 Å². The van der Waals surface area contributed by atoms with Crippen LogP contribution < -0.4 is 14.8 Å². The summed E-state index contributed by atoms with van der Waals surface area (Å²) in [5.74, 6) is -0.464. The summed E-state index contributed by atoms with van der Waals surface area (Å²) < 4.78 is 16.3. The molecule has 0 bridgehead atoms. The minimum Gasteiger partial charge on any atom is -0.489 e. The van der Waals surface area contributed by atoms with Gasteiger partial charge in [0.05, 0.1) is 29.6 Å². The summed E-state index contributed by atoms with van der Waals surface area (Å²) in [6.07, 6.45) is -0.582. The Kier molecular flexibility index (Phi) is 6.73. The van der Waals surface area contributed by atoms with Crippen LogP contribution in [0.15, 0.2) is 36.4 Å². The summed E-state index contributed by atoms with van der Waals surface area (Å²) in [5.41, 5.74) is 0.303. The van der Waals surface area contributed by atoms with E-state index in [0.717, 1.165) is 0 Å². The summed E-state index contributed by atoms with van der Waals surface area (Å²) >= 11 is 6.21. The van der Waals surface area contributed by atoms with E-state index >= 15 is 0 Å². The van der Waals surface area contributed by atoms with E-state index in [2.05, 4.69) is 5.32 Å². The van der Waals surface area contributed by atoms with Gasteiger partial charge in [-0.25, -0.2) is 0 Å². The summed E-state index contributed by atoms with van der Waals surface area (Å²) in [5, 5.41) is 13.8. The summed E-state index contributed by atoms with van der Waals surface area (Å²) in [6, 6.07) is 8.91. The van der Waals surface area contributed by atoms with Gasteiger partial charge in [-0.05, 0) is 30.7 Å². The van der Waals surface area contributed by atoms with E-state index in [4.69, 9.17) is 25.8 Å². The van der Waals surface area contributed by atoms with Gasteiger partial charge in [0.1, 0.15) is 5.69 Å².